The average Bonchev–Trinajstić information content (AvgIpc) is 2.57. The first-order valence-corrected chi connectivity index (χ1v) is 5.50. The van der Waals surface area contributed by atoms with Gasteiger partial charge in [0.2, 0.25) is 0 Å². The summed E-state index contributed by atoms with van der Waals surface area (Å²) in [6.45, 7) is 3.48. The molecule has 3 N–H and O–H groups in total. The Hall–Kier alpha value is -2.08. The molecule has 0 radical (unpaired) electrons. The maximum absolute atomic E-state index is 11.2. The fourth-order valence-electron chi connectivity index (χ4n) is 1.63. The van der Waals surface area contributed by atoms with Crippen molar-refractivity contribution in [2.75, 3.05) is 5.73 Å². The third kappa shape index (κ3) is 1.91. The highest BCUT2D eigenvalue weighted by Gasteiger charge is 2.18. The Kier molecular flexibility index (Phi) is 2.96. The van der Waals surface area contributed by atoms with Crippen LogP contribution in [0.4, 0.5) is 5.69 Å². The molecule has 0 aliphatic rings. The van der Waals surface area contributed by atoms with E-state index in [2.05, 4.69) is 10.1 Å². The summed E-state index contributed by atoms with van der Waals surface area (Å²) in [7, 11) is 0. The lowest BCUT2D eigenvalue weighted by Gasteiger charge is -2.07. The second-order valence-corrected chi connectivity index (χ2v) is 4.22. The quantitative estimate of drug-likeness (QED) is 0.865. The zero-order valence-electron chi connectivity index (χ0n) is 9.81. The fourth-order valence-corrected chi connectivity index (χ4v) is 1.75. The molecule has 0 amide bonds. The van der Waals surface area contributed by atoms with Crippen LogP contribution in [0, 0.1) is 13.8 Å². The number of aryl methyl sites for hydroxylation is 1. The van der Waals surface area contributed by atoms with Crippen LogP contribution < -0.4 is 5.73 Å². The molecule has 0 saturated carbocycles. The zero-order valence-corrected chi connectivity index (χ0v) is 10.6. The molecule has 0 aliphatic carbocycles. The van der Waals surface area contributed by atoms with E-state index in [9.17, 15) is 4.79 Å². The molecule has 2 heterocycles. The third-order valence-electron chi connectivity index (χ3n) is 2.52. The van der Waals surface area contributed by atoms with Crippen LogP contribution in [0.1, 0.15) is 21.7 Å². The van der Waals surface area contributed by atoms with Gasteiger partial charge in [-0.25, -0.2) is 14.5 Å². The molecule has 18 heavy (non-hydrogen) atoms. The summed E-state index contributed by atoms with van der Waals surface area (Å²) in [6.07, 6.45) is 1.38. The second kappa shape index (κ2) is 4.30. The summed E-state index contributed by atoms with van der Waals surface area (Å²) < 4.78 is 1.40. The Morgan fingerprint density at radius 2 is 2.17 bits per heavy atom. The highest BCUT2D eigenvalue weighted by atomic mass is 35.5. The number of nitrogens with zero attached hydrogens (tertiary/aromatic N) is 3. The number of carbonyl (C=O) groups is 1. The topological polar surface area (TPSA) is 94.0 Å². The van der Waals surface area contributed by atoms with Crippen molar-refractivity contribution in [2.45, 2.75) is 13.8 Å². The maximum atomic E-state index is 11.2. The van der Waals surface area contributed by atoms with Crippen molar-refractivity contribution in [3.8, 4) is 5.82 Å². The number of carboxylic acids is 1. The lowest BCUT2D eigenvalue weighted by molar-refractivity contribution is 0.0696. The second-order valence-electron chi connectivity index (χ2n) is 3.84. The van der Waals surface area contributed by atoms with Gasteiger partial charge in [0.25, 0.3) is 0 Å². The SMILES string of the molecule is Cc1nn(-c2ncc(N)cc2C(=O)O)c(C)c1Cl. The van der Waals surface area contributed by atoms with E-state index in [0.717, 1.165) is 0 Å². The molecule has 94 valence electrons. The van der Waals surface area contributed by atoms with Gasteiger partial charge in [0.1, 0.15) is 5.56 Å². The van der Waals surface area contributed by atoms with E-state index in [0.29, 0.717) is 16.4 Å². The Morgan fingerprint density at radius 1 is 1.50 bits per heavy atom. The molecule has 0 aliphatic heterocycles. The van der Waals surface area contributed by atoms with Crippen molar-refractivity contribution >= 4 is 23.3 Å². The number of nitrogen functional groups attached to an aromatic ring is 1. The van der Waals surface area contributed by atoms with Crippen LogP contribution in [0.25, 0.3) is 5.82 Å². The van der Waals surface area contributed by atoms with Crippen molar-refractivity contribution in [1.82, 2.24) is 14.8 Å². The molecule has 0 unspecified atom stereocenters. The van der Waals surface area contributed by atoms with E-state index < -0.39 is 5.97 Å². The van der Waals surface area contributed by atoms with Crippen molar-refractivity contribution < 1.29 is 9.90 Å². The first kappa shape index (κ1) is 12.4. The van der Waals surface area contributed by atoms with Gasteiger partial charge in [-0.2, -0.15) is 5.10 Å². The van der Waals surface area contributed by atoms with Gasteiger partial charge in [-0.15, -0.1) is 0 Å². The minimum Gasteiger partial charge on any atom is -0.478 e. The molecule has 2 aromatic rings. The van der Waals surface area contributed by atoms with Gasteiger partial charge in [0.15, 0.2) is 5.82 Å². The number of nitrogens with two attached hydrogens (primary N) is 1. The van der Waals surface area contributed by atoms with Gasteiger partial charge in [0.05, 0.1) is 28.3 Å². The number of rotatable bonds is 2. The number of aromatic nitrogens is 3. The number of aromatic carboxylic acids is 1. The summed E-state index contributed by atoms with van der Waals surface area (Å²) in [6, 6.07) is 1.34. The predicted octanol–water partition coefficient (Wildman–Crippen LogP) is 1.82. The number of hydrogen-bond donors (Lipinski definition) is 2. The predicted molar refractivity (Wildman–Crippen MR) is 67.2 cm³/mol. The molecule has 0 bridgehead atoms. The molecular formula is C11H11ClN4O2. The number of carboxylic acid groups (broad SMARTS) is 1. The lowest BCUT2D eigenvalue weighted by atomic mass is 10.2. The molecule has 0 fully saturated rings. The fraction of sp³-hybridized carbons (Fsp3) is 0.182. The molecule has 2 rings (SSSR count). The van der Waals surface area contributed by atoms with Crippen LogP contribution >= 0.6 is 11.6 Å². The van der Waals surface area contributed by atoms with Gasteiger partial charge in [-0.1, -0.05) is 11.6 Å². The van der Waals surface area contributed by atoms with Gasteiger partial charge in [-0.3, -0.25) is 0 Å². The van der Waals surface area contributed by atoms with E-state index in [1.807, 2.05) is 0 Å². The van der Waals surface area contributed by atoms with Gasteiger partial charge >= 0.3 is 5.97 Å². The molecule has 0 aromatic carbocycles. The average molecular weight is 267 g/mol. The molecule has 6 nitrogen and oxygen atoms in total. The molecular weight excluding hydrogens is 256 g/mol. The Labute approximate surface area is 108 Å². The van der Waals surface area contributed by atoms with Crippen LogP contribution in [0.2, 0.25) is 5.02 Å². The minimum atomic E-state index is -1.12. The molecule has 0 atom stereocenters. The first-order chi connectivity index (χ1) is 8.41. The Bertz CT molecular complexity index is 636. The normalized spacial score (nSPS) is 10.6. The van der Waals surface area contributed by atoms with Crippen LogP contribution in [-0.2, 0) is 0 Å². The smallest absolute Gasteiger partial charge is 0.339 e. The van der Waals surface area contributed by atoms with Crippen LogP contribution in [0.3, 0.4) is 0 Å². The number of halogens is 1. The molecule has 0 spiro atoms. The number of hydrogen-bond acceptors (Lipinski definition) is 4. The van der Waals surface area contributed by atoms with E-state index in [-0.39, 0.29) is 17.1 Å². The number of pyridine rings is 1. The highest BCUT2D eigenvalue weighted by Crippen LogP contribution is 2.23. The molecule has 0 saturated heterocycles. The maximum Gasteiger partial charge on any atom is 0.339 e. The monoisotopic (exact) mass is 266 g/mol. The van der Waals surface area contributed by atoms with Crippen LogP contribution in [0.15, 0.2) is 12.3 Å². The number of anilines is 1. The van der Waals surface area contributed by atoms with Crippen molar-refractivity contribution in [1.29, 1.82) is 0 Å². The summed E-state index contributed by atoms with van der Waals surface area (Å²) in [5.74, 6) is -0.919. The zero-order chi connectivity index (χ0) is 13.4. The van der Waals surface area contributed by atoms with Crippen LogP contribution in [-0.4, -0.2) is 25.8 Å². The summed E-state index contributed by atoms with van der Waals surface area (Å²) >= 11 is 6.03. The van der Waals surface area contributed by atoms with Gasteiger partial charge in [0, 0.05) is 0 Å². The van der Waals surface area contributed by atoms with E-state index in [1.165, 1.54) is 16.9 Å². The first-order valence-electron chi connectivity index (χ1n) is 5.12. The van der Waals surface area contributed by atoms with Crippen molar-refractivity contribution in [3.05, 3.63) is 34.2 Å². The molecule has 2 aromatic heterocycles. The summed E-state index contributed by atoms with van der Waals surface area (Å²) in [4.78, 5) is 15.2. The minimum absolute atomic E-state index is 0.0164. The third-order valence-corrected chi connectivity index (χ3v) is 3.07. The van der Waals surface area contributed by atoms with E-state index >= 15 is 0 Å². The van der Waals surface area contributed by atoms with E-state index in [1.54, 1.807) is 13.8 Å². The van der Waals surface area contributed by atoms with E-state index in [4.69, 9.17) is 22.4 Å². The van der Waals surface area contributed by atoms with Gasteiger partial charge in [-0.05, 0) is 19.9 Å². The Morgan fingerprint density at radius 3 is 2.67 bits per heavy atom. The summed E-state index contributed by atoms with van der Waals surface area (Å²) in [5, 5.41) is 13.8. The van der Waals surface area contributed by atoms with Crippen molar-refractivity contribution in [3.63, 3.8) is 0 Å². The highest BCUT2D eigenvalue weighted by molar-refractivity contribution is 6.31. The standard InChI is InChI=1S/C11H11ClN4O2/c1-5-9(12)6(2)16(15-5)10-8(11(17)18)3-7(13)4-14-10/h3-4H,13H2,1-2H3,(H,17,18). The largest absolute Gasteiger partial charge is 0.478 e. The summed E-state index contributed by atoms with van der Waals surface area (Å²) in [5.41, 5.74) is 7.05. The van der Waals surface area contributed by atoms with Crippen LogP contribution in [0.5, 0.6) is 0 Å². The molecule has 7 heteroatoms. The Balaban J connectivity index is 2.71. The van der Waals surface area contributed by atoms with Crippen molar-refractivity contribution in [2.24, 2.45) is 0 Å². The van der Waals surface area contributed by atoms with Gasteiger partial charge < -0.3 is 10.8 Å². The lowest BCUT2D eigenvalue weighted by Crippen LogP contribution is -2.11.